The molecule has 0 aliphatic carbocycles. The average Bonchev–Trinajstić information content (AvgIpc) is 3.44. The number of aryl methyl sites for hydroxylation is 1. The first-order valence-corrected chi connectivity index (χ1v) is 10.6. The summed E-state index contributed by atoms with van der Waals surface area (Å²) < 4.78 is 5.52. The topological polar surface area (TPSA) is 75.3 Å². The Balaban J connectivity index is 1.50. The number of nitrogens with zero attached hydrogens (tertiary/aromatic N) is 2. The number of fused-ring (bicyclic) bond motifs is 2. The lowest BCUT2D eigenvalue weighted by Gasteiger charge is -2.35. The first-order chi connectivity index (χ1) is 14.1. The fourth-order valence-corrected chi connectivity index (χ4v) is 5.26. The van der Waals surface area contributed by atoms with Crippen molar-refractivity contribution in [2.24, 2.45) is 5.41 Å². The SMILES string of the molecule is CCOC(=O)[C@@]1(Cc2ccccc2)C[C@H]2CC[C@@H]1N2C(=O)CCCc1cn[nH]c1. The van der Waals surface area contributed by atoms with Crippen molar-refractivity contribution < 1.29 is 14.3 Å². The number of hydrogen-bond acceptors (Lipinski definition) is 4. The molecule has 2 fully saturated rings. The van der Waals surface area contributed by atoms with Crippen LogP contribution in [0, 0.1) is 5.41 Å². The van der Waals surface area contributed by atoms with Gasteiger partial charge >= 0.3 is 5.97 Å². The maximum absolute atomic E-state index is 13.1. The number of rotatable bonds is 8. The molecule has 2 aromatic rings. The van der Waals surface area contributed by atoms with Crippen LogP contribution in [0.2, 0.25) is 0 Å². The molecular weight excluding hydrogens is 366 g/mol. The third-order valence-corrected chi connectivity index (χ3v) is 6.48. The lowest BCUT2D eigenvalue weighted by Crippen LogP contribution is -2.47. The predicted molar refractivity (Wildman–Crippen MR) is 109 cm³/mol. The van der Waals surface area contributed by atoms with Crippen molar-refractivity contribution in [2.45, 2.75) is 64.0 Å². The van der Waals surface area contributed by atoms with Crippen molar-refractivity contribution in [2.75, 3.05) is 6.61 Å². The van der Waals surface area contributed by atoms with Crippen molar-refractivity contribution in [3.8, 4) is 0 Å². The maximum atomic E-state index is 13.1. The number of carbonyl (C=O) groups is 2. The molecular formula is C23H29N3O3. The minimum Gasteiger partial charge on any atom is -0.465 e. The predicted octanol–water partition coefficient (Wildman–Crippen LogP) is 3.29. The molecule has 29 heavy (non-hydrogen) atoms. The normalized spacial score (nSPS) is 25.3. The standard InChI is InChI=1S/C23H29N3O3/c1-2-29-22(28)23(13-17-7-4-3-5-8-17)14-19-11-12-20(23)26(19)21(27)10-6-9-18-15-24-25-16-18/h3-5,7-8,15-16,19-20H,2,6,9-14H2,1H3,(H,24,25)/t19-,20+,23+/m1/s1. The largest absolute Gasteiger partial charge is 0.465 e. The summed E-state index contributed by atoms with van der Waals surface area (Å²) in [6.45, 7) is 2.21. The van der Waals surface area contributed by atoms with Crippen LogP contribution in [0.15, 0.2) is 42.7 Å². The first-order valence-electron chi connectivity index (χ1n) is 10.6. The summed E-state index contributed by atoms with van der Waals surface area (Å²) in [6, 6.07) is 10.2. The second-order valence-electron chi connectivity index (χ2n) is 8.25. The number of amides is 1. The van der Waals surface area contributed by atoms with Gasteiger partial charge in [0, 0.05) is 24.7 Å². The Kier molecular flexibility index (Phi) is 5.69. The monoisotopic (exact) mass is 395 g/mol. The van der Waals surface area contributed by atoms with Gasteiger partial charge in [-0.25, -0.2) is 0 Å². The van der Waals surface area contributed by atoms with Gasteiger partial charge in [0.25, 0.3) is 0 Å². The molecule has 1 aromatic heterocycles. The van der Waals surface area contributed by atoms with Crippen molar-refractivity contribution >= 4 is 11.9 Å². The molecule has 0 spiro atoms. The summed E-state index contributed by atoms with van der Waals surface area (Å²) >= 11 is 0. The summed E-state index contributed by atoms with van der Waals surface area (Å²) in [5, 5.41) is 6.76. The Hall–Kier alpha value is -2.63. The zero-order chi connectivity index (χ0) is 20.3. The number of ether oxygens (including phenoxy) is 1. The molecule has 2 aliphatic heterocycles. The highest BCUT2D eigenvalue weighted by Crippen LogP contribution is 2.52. The number of benzene rings is 1. The van der Waals surface area contributed by atoms with Gasteiger partial charge in [-0.2, -0.15) is 5.10 Å². The zero-order valence-corrected chi connectivity index (χ0v) is 17.0. The third kappa shape index (κ3) is 3.80. The zero-order valence-electron chi connectivity index (χ0n) is 17.0. The van der Waals surface area contributed by atoms with E-state index < -0.39 is 5.41 Å². The average molecular weight is 396 g/mol. The molecule has 0 radical (unpaired) electrons. The first kappa shape index (κ1) is 19.7. The van der Waals surface area contributed by atoms with Gasteiger partial charge in [0.1, 0.15) is 0 Å². The van der Waals surface area contributed by atoms with Crippen molar-refractivity contribution in [1.29, 1.82) is 0 Å². The van der Waals surface area contributed by atoms with E-state index in [1.807, 2.05) is 36.2 Å². The molecule has 2 aliphatic rings. The fraction of sp³-hybridized carbons (Fsp3) is 0.522. The minimum absolute atomic E-state index is 0.0619. The number of nitrogens with one attached hydrogen (secondary N) is 1. The van der Waals surface area contributed by atoms with Gasteiger partial charge in [0.05, 0.1) is 18.2 Å². The number of hydrogen-bond donors (Lipinski definition) is 1. The van der Waals surface area contributed by atoms with Gasteiger partial charge in [-0.05, 0) is 56.6 Å². The van der Waals surface area contributed by atoms with Gasteiger partial charge < -0.3 is 9.64 Å². The van der Waals surface area contributed by atoms with E-state index in [9.17, 15) is 9.59 Å². The van der Waals surface area contributed by atoms with E-state index in [0.717, 1.165) is 36.8 Å². The van der Waals surface area contributed by atoms with Crippen molar-refractivity contribution in [3.05, 3.63) is 53.9 Å². The van der Waals surface area contributed by atoms with Crippen LogP contribution in [-0.2, 0) is 27.2 Å². The second-order valence-corrected chi connectivity index (χ2v) is 8.25. The Bertz CT molecular complexity index is 836. The summed E-state index contributed by atoms with van der Waals surface area (Å²) in [7, 11) is 0. The van der Waals surface area contributed by atoms with Crippen LogP contribution >= 0.6 is 0 Å². The number of carbonyl (C=O) groups excluding carboxylic acids is 2. The van der Waals surface area contributed by atoms with Crippen molar-refractivity contribution in [3.63, 3.8) is 0 Å². The number of aromatic amines is 1. The van der Waals surface area contributed by atoms with Crippen LogP contribution in [-0.4, -0.2) is 45.7 Å². The molecule has 4 rings (SSSR count). The van der Waals surface area contributed by atoms with Crippen LogP contribution in [0.5, 0.6) is 0 Å². The summed E-state index contributed by atoms with van der Waals surface area (Å²) in [5.41, 5.74) is 1.62. The van der Waals surface area contributed by atoms with Gasteiger partial charge in [-0.3, -0.25) is 14.7 Å². The molecule has 154 valence electrons. The van der Waals surface area contributed by atoms with Crippen molar-refractivity contribution in [1.82, 2.24) is 15.1 Å². The molecule has 0 saturated carbocycles. The third-order valence-electron chi connectivity index (χ3n) is 6.48. The van der Waals surface area contributed by atoms with Crippen LogP contribution in [0.4, 0.5) is 0 Å². The smallest absolute Gasteiger partial charge is 0.314 e. The minimum atomic E-state index is -0.625. The lowest BCUT2D eigenvalue weighted by atomic mass is 9.70. The van der Waals surface area contributed by atoms with Crippen LogP contribution < -0.4 is 0 Å². The Morgan fingerprint density at radius 3 is 2.79 bits per heavy atom. The summed E-state index contributed by atoms with van der Waals surface area (Å²) in [4.78, 5) is 28.3. The van der Waals surface area contributed by atoms with Crippen LogP contribution in [0.3, 0.4) is 0 Å². The highest BCUT2D eigenvalue weighted by atomic mass is 16.5. The lowest BCUT2D eigenvalue weighted by molar-refractivity contribution is -0.158. The molecule has 6 heteroatoms. The molecule has 3 atom stereocenters. The van der Waals surface area contributed by atoms with Gasteiger partial charge in [-0.1, -0.05) is 30.3 Å². The molecule has 3 heterocycles. The quantitative estimate of drug-likeness (QED) is 0.696. The highest BCUT2D eigenvalue weighted by molar-refractivity contribution is 5.84. The summed E-state index contributed by atoms with van der Waals surface area (Å²) in [5.74, 6) is 0.0208. The Morgan fingerprint density at radius 2 is 2.07 bits per heavy atom. The molecule has 6 nitrogen and oxygen atoms in total. The Morgan fingerprint density at radius 1 is 1.24 bits per heavy atom. The molecule has 2 bridgehead atoms. The van der Waals surface area contributed by atoms with Gasteiger partial charge in [0.15, 0.2) is 0 Å². The molecule has 1 aromatic carbocycles. The molecule has 0 unspecified atom stereocenters. The van der Waals surface area contributed by atoms with E-state index in [-0.39, 0.29) is 24.0 Å². The molecule has 2 saturated heterocycles. The fourth-order valence-electron chi connectivity index (χ4n) is 5.26. The molecule has 1 amide bonds. The van der Waals surface area contributed by atoms with Gasteiger partial charge in [0.2, 0.25) is 5.91 Å². The van der Waals surface area contributed by atoms with Gasteiger partial charge in [-0.15, -0.1) is 0 Å². The van der Waals surface area contributed by atoms with Crippen LogP contribution in [0.25, 0.3) is 0 Å². The van der Waals surface area contributed by atoms with E-state index >= 15 is 0 Å². The van der Waals surface area contributed by atoms with E-state index in [4.69, 9.17) is 4.74 Å². The number of aromatic nitrogens is 2. The second kappa shape index (κ2) is 8.39. The van der Waals surface area contributed by atoms with E-state index in [0.29, 0.717) is 25.9 Å². The highest BCUT2D eigenvalue weighted by Gasteiger charge is 2.61. The number of H-pyrrole nitrogens is 1. The Labute approximate surface area is 171 Å². The van der Waals surface area contributed by atoms with Crippen LogP contribution in [0.1, 0.15) is 50.2 Å². The molecule has 1 N–H and O–H groups in total. The number of esters is 1. The summed E-state index contributed by atoms with van der Waals surface area (Å²) in [6.07, 6.45) is 9.00. The maximum Gasteiger partial charge on any atom is 0.314 e. The van der Waals surface area contributed by atoms with E-state index in [2.05, 4.69) is 22.3 Å². The van der Waals surface area contributed by atoms with E-state index in [1.165, 1.54) is 0 Å². The van der Waals surface area contributed by atoms with E-state index in [1.54, 1.807) is 6.20 Å².